The van der Waals surface area contributed by atoms with Crippen molar-refractivity contribution in [2.75, 3.05) is 12.0 Å². The third kappa shape index (κ3) is 5.48. The van der Waals surface area contributed by atoms with E-state index in [1.165, 1.54) is 28.8 Å². The summed E-state index contributed by atoms with van der Waals surface area (Å²) in [5, 5.41) is 0. The number of thiocarbonyl (C=S) groups is 1. The smallest absolute Gasteiger partial charge is 0.270 e. The Kier molecular flexibility index (Phi) is 7.53. The molecule has 4 rings (SSSR count). The fraction of sp³-hybridized carbons (Fsp3) is 0.0833. The summed E-state index contributed by atoms with van der Waals surface area (Å²) in [4.78, 5) is 15.1. The highest BCUT2D eigenvalue weighted by Crippen LogP contribution is 2.40. The van der Waals surface area contributed by atoms with Crippen molar-refractivity contribution >= 4 is 77.8 Å². The number of rotatable bonds is 6. The first-order valence-electron chi connectivity index (χ1n) is 9.64. The Balaban J connectivity index is 1.58. The molecule has 1 saturated heterocycles. The van der Waals surface area contributed by atoms with Crippen molar-refractivity contribution in [3.05, 3.63) is 91.5 Å². The van der Waals surface area contributed by atoms with E-state index < -0.39 is 0 Å². The molecular weight excluding hydrogens is 593 g/mol. The Morgan fingerprint density at radius 3 is 2.58 bits per heavy atom. The first kappa shape index (κ1) is 23.9. The zero-order valence-corrected chi connectivity index (χ0v) is 22.0. The molecular formula is C24H16Br2FNO3S2. The summed E-state index contributed by atoms with van der Waals surface area (Å²) in [6.07, 6.45) is 1.77. The van der Waals surface area contributed by atoms with E-state index in [4.69, 9.17) is 21.7 Å². The summed E-state index contributed by atoms with van der Waals surface area (Å²) >= 11 is 13.7. The van der Waals surface area contributed by atoms with Gasteiger partial charge in [-0.25, -0.2) is 4.39 Å². The zero-order chi connectivity index (χ0) is 23.5. The Morgan fingerprint density at radius 2 is 1.88 bits per heavy atom. The summed E-state index contributed by atoms with van der Waals surface area (Å²) in [6.45, 7) is 0.250. The molecule has 1 aliphatic rings. The van der Waals surface area contributed by atoms with E-state index >= 15 is 0 Å². The van der Waals surface area contributed by atoms with E-state index in [-0.39, 0.29) is 18.3 Å². The van der Waals surface area contributed by atoms with Crippen molar-refractivity contribution in [3.8, 4) is 11.5 Å². The number of thioether (sulfide) groups is 1. The van der Waals surface area contributed by atoms with E-state index in [9.17, 15) is 9.18 Å². The van der Waals surface area contributed by atoms with Crippen LogP contribution in [-0.4, -0.2) is 17.3 Å². The van der Waals surface area contributed by atoms with Crippen molar-refractivity contribution < 1.29 is 18.7 Å². The molecule has 0 aliphatic carbocycles. The minimum Gasteiger partial charge on any atom is -0.493 e. The maximum Gasteiger partial charge on any atom is 0.270 e. The van der Waals surface area contributed by atoms with Gasteiger partial charge in [0.15, 0.2) is 15.8 Å². The standard InChI is InChI=1S/C24H16Br2FNO3S2/c1-30-20-10-15(9-19(26)22(20)31-13-14-5-7-17(27)8-6-14)11-21-23(29)28(24(32)33-21)18-4-2-3-16(25)12-18/h2-12H,13H2,1H3/b21-11+. The molecule has 1 heterocycles. The summed E-state index contributed by atoms with van der Waals surface area (Å²) in [5.41, 5.74) is 2.28. The number of amides is 1. The molecule has 0 saturated carbocycles. The molecule has 0 spiro atoms. The van der Waals surface area contributed by atoms with Gasteiger partial charge in [-0.05, 0) is 75.6 Å². The lowest BCUT2D eigenvalue weighted by Gasteiger charge is -2.15. The van der Waals surface area contributed by atoms with Crippen LogP contribution in [0.15, 0.2) is 74.5 Å². The molecule has 1 fully saturated rings. The third-order valence-electron chi connectivity index (χ3n) is 4.71. The molecule has 168 valence electrons. The number of hydrogen-bond donors (Lipinski definition) is 0. The zero-order valence-electron chi connectivity index (χ0n) is 17.2. The van der Waals surface area contributed by atoms with Gasteiger partial charge >= 0.3 is 0 Å². The normalized spacial score (nSPS) is 14.8. The molecule has 0 bridgehead atoms. The quantitative estimate of drug-likeness (QED) is 0.216. The molecule has 0 unspecified atom stereocenters. The van der Waals surface area contributed by atoms with Crippen molar-refractivity contribution in [1.82, 2.24) is 0 Å². The van der Waals surface area contributed by atoms with Gasteiger partial charge in [0.1, 0.15) is 12.4 Å². The summed E-state index contributed by atoms with van der Waals surface area (Å²) < 4.78 is 26.5. The third-order valence-corrected chi connectivity index (χ3v) is 7.09. The van der Waals surface area contributed by atoms with Crippen LogP contribution in [0.3, 0.4) is 0 Å². The number of carbonyl (C=O) groups is 1. The second kappa shape index (κ2) is 10.4. The summed E-state index contributed by atoms with van der Waals surface area (Å²) in [7, 11) is 1.54. The van der Waals surface area contributed by atoms with Crippen LogP contribution < -0.4 is 14.4 Å². The molecule has 1 amide bonds. The minimum absolute atomic E-state index is 0.185. The van der Waals surface area contributed by atoms with Crippen molar-refractivity contribution in [2.45, 2.75) is 6.61 Å². The predicted octanol–water partition coefficient (Wildman–Crippen LogP) is 7.34. The number of carbonyl (C=O) groups excluding carboxylic acids is 1. The summed E-state index contributed by atoms with van der Waals surface area (Å²) in [6, 6.07) is 17.2. The highest BCUT2D eigenvalue weighted by molar-refractivity contribution is 9.10. The number of halogens is 3. The van der Waals surface area contributed by atoms with Crippen molar-refractivity contribution in [1.29, 1.82) is 0 Å². The second-order valence-electron chi connectivity index (χ2n) is 6.95. The Bertz CT molecular complexity index is 1270. The number of anilines is 1. The monoisotopic (exact) mass is 607 g/mol. The van der Waals surface area contributed by atoms with Crippen LogP contribution >= 0.6 is 55.8 Å². The molecule has 0 N–H and O–H groups in total. The average molecular weight is 609 g/mol. The van der Waals surface area contributed by atoms with E-state index in [0.717, 1.165) is 15.6 Å². The van der Waals surface area contributed by atoms with Gasteiger partial charge in [0, 0.05) is 4.47 Å². The van der Waals surface area contributed by atoms with E-state index in [1.807, 2.05) is 30.3 Å². The first-order chi connectivity index (χ1) is 15.9. The minimum atomic E-state index is -0.299. The topological polar surface area (TPSA) is 38.8 Å². The van der Waals surface area contributed by atoms with Crippen LogP contribution in [0.1, 0.15) is 11.1 Å². The van der Waals surface area contributed by atoms with E-state index in [1.54, 1.807) is 31.4 Å². The van der Waals surface area contributed by atoms with Crippen LogP contribution in [0, 0.1) is 5.82 Å². The highest BCUT2D eigenvalue weighted by atomic mass is 79.9. The molecule has 3 aromatic carbocycles. The van der Waals surface area contributed by atoms with Crippen LogP contribution in [0.4, 0.5) is 10.1 Å². The van der Waals surface area contributed by atoms with Crippen LogP contribution in [0.2, 0.25) is 0 Å². The summed E-state index contributed by atoms with van der Waals surface area (Å²) in [5.74, 6) is 0.530. The lowest BCUT2D eigenvalue weighted by Crippen LogP contribution is -2.27. The maximum absolute atomic E-state index is 13.1. The van der Waals surface area contributed by atoms with Gasteiger partial charge in [-0.2, -0.15) is 0 Å². The van der Waals surface area contributed by atoms with Crippen LogP contribution in [0.25, 0.3) is 6.08 Å². The molecule has 4 nitrogen and oxygen atoms in total. The maximum atomic E-state index is 13.1. The number of hydrogen-bond acceptors (Lipinski definition) is 5. The van der Waals surface area contributed by atoms with Crippen molar-refractivity contribution in [3.63, 3.8) is 0 Å². The van der Waals surface area contributed by atoms with Crippen molar-refractivity contribution in [2.24, 2.45) is 0 Å². The van der Waals surface area contributed by atoms with Gasteiger partial charge in [-0.15, -0.1) is 0 Å². The van der Waals surface area contributed by atoms with Gasteiger partial charge in [-0.1, -0.05) is 58.1 Å². The number of methoxy groups -OCH3 is 1. The van der Waals surface area contributed by atoms with Gasteiger partial charge in [0.25, 0.3) is 5.91 Å². The molecule has 33 heavy (non-hydrogen) atoms. The number of benzene rings is 3. The fourth-order valence-corrected chi connectivity index (χ4v) is 5.42. The SMILES string of the molecule is COc1cc(/C=C2/SC(=S)N(c3cccc(Br)c3)C2=O)cc(Br)c1OCc1ccc(F)cc1. The van der Waals surface area contributed by atoms with Crippen LogP contribution in [0.5, 0.6) is 11.5 Å². The molecule has 0 aromatic heterocycles. The number of ether oxygens (including phenoxy) is 2. The van der Waals surface area contributed by atoms with Gasteiger partial charge in [-0.3, -0.25) is 9.69 Å². The molecule has 1 aliphatic heterocycles. The molecule has 9 heteroatoms. The van der Waals surface area contributed by atoms with Crippen LogP contribution in [-0.2, 0) is 11.4 Å². The first-order valence-corrected chi connectivity index (χ1v) is 12.4. The van der Waals surface area contributed by atoms with Gasteiger partial charge in [0.05, 0.1) is 22.2 Å². The lowest BCUT2D eigenvalue weighted by atomic mass is 10.1. The molecule has 0 atom stereocenters. The number of nitrogens with zero attached hydrogens (tertiary/aromatic N) is 1. The fourth-order valence-electron chi connectivity index (χ4n) is 3.16. The highest BCUT2D eigenvalue weighted by Gasteiger charge is 2.33. The van der Waals surface area contributed by atoms with E-state index in [0.29, 0.717) is 30.9 Å². The Morgan fingerprint density at radius 1 is 1.12 bits per heavy atom. The molecule has 0 radical (unpaired) electrons. The van der Waals surface area contributed by atoms with Gasteiger partial charge in [0.2, 0.25) is 0 Å². The predicted molar refractivity (Wildman–Crippen MR) is 141 cm³/mol. The largest absolute Gasteiger partial charge is 0.493 e. The molecule has 3 aromatic rings. The lowest BCUT2D eigenvalue weighted by molar-refractivity contribution is -0.113. The Hall–Kier alpha value is -2.20. The second-order valence-corrected chi connectivity index (χ2v) is 10.4. The average Bonchev–Trinajstić information content (AvgIpc) is 3.06. The van der Waals surface area contributed by atoms with E-state index in [2.05, 4.69) is 31.9 Å². The Labute approximate surface area is 217 Å². The van der Waals surface area contributed by atoms with Gasteiger partial charge < -0.3 is 9.47 Å².